The summed E-state index contributed by atoms with van der Waals surface area (Å²) in [6, 6.07) is 1.39. The maximum absolute atomic E-state index is 12.8. The number of methoxy groups -OCH3 is 1. The average molecular weight is 210 g/mol. The van der Waals surface area contributed by atoms with Crippen LogP contribution in [0, 0.1) is 5.82 Å². The Balaban J connectivity index is 2.39. The second-order valence-corrected chi connectivity index (χ2v) is 3.57. The Morgan fingerprint density at radius 3 is 2.86 bits per heavy atom. The summed E-state index contributed by atoms with van der Waals surface area (Å²) in [5.41, 5.74) is 0.665. The van der Waals surface area contributed by atoms with E-state index >= 15 is 0 Å². The molecular weight excluding hydrogens is 203 g/mol. The Kier molecular flexibility index (Phi) is 2.41. The minimum absolute atomic E-state index is 0.364. The van der Waals surface area contributed by atoms with Gasteiger partial charge in [0.15, 0.2) is 5.06 Å². The summed E-state index contributed by atoms with van der Waals surface area (Å²) in [6.07, 6.45) is 4.33. The largest absolute Gasteiger partial charge is 0.486 e. The highest BCUT2D eigenvalue weighted by atomic mass is 32.1. The highest BCUT2D eigenvalue weighted by Gasteiger charge is 2.05. The predicted octanol–water partition coefficient (Wildman–Crippen LogP) is 2.35. The highest BCUT2D eigenvalue weighted by Crippen LogP contribution is 2.29. The van der Waals surface area contributed by atoms with Crippen molar-refractivity contribution >= 4 is 11.3 Å². The van der Waals surface area contributed by atoms with E-state index in [0.717, 1.165) is 6.20 Å². The molecule has 2 aromatic heterocycles. The summed E-state index contributed by atoms with van der Waals surface area (Å²) in [6.45, 7) is 0. The molecule has 0 saturated carbocycles. The maximum Gasteiger partial charge on any atom is 0.194 e. The van der Waals surface area contributed by atoms with Gasteiger partial charge in [0.05, 0.1) is 19.5 Å². The number of aromatic nitrogens is 2. The maximum atomic E-state index is 12.8. The summed E-state index contributed by atoms with van der Waals surface area (Å²) in [5.74, 6) is -0.364. The van der Waals surface area contributed by atoms with E-state index in [1.54, 1.807) is 19.5 Å². The van der Waals surface area contributed by atoms with Crippen LogP contribution in [0.4, 0.5) is 4.39 Å². The quantitative estimate of drug-likeness (QED) is 0.763. The van der Waals surface area contributed by atoms with E-state index in [-0.39, 0.29) is 5.82 Å². The van der Waals surface area contributed by atoms with Crippen molar-refractivity contribution in [1.82, 2.24) is 9.97 Å². The van der Waals surface area contributed by atoms with E-state index in [1.807, 2.05) is 0 Å². The van der Waals surface area contributed by atoms with Gasteiger partial charge in [-0.3, -0.25) is 4.98 Å². The molecule has 2 heterocycles. The summed E-state index contributed by atoms with van der Waals surface area (Å²) >= 11 is 1.35. The van der Waals surface area contributed by atoms with E-state index in [4.69, 9.17) is 4.74 Å². The van der Waals surface area contributed by atoms with E-state index < -0.39 is 0 Å². The molecule has 0 amide bonds. The highest BCUT2D eigenvalue weighted by molar-refractivity contribution is 7.16. The monoisotopic (exact) mass is 210 g/mol. The Morgan fingerprint density at radius 2 is 2.21 bits per heavy atom. The van der Waals surface area contributed by atoms with E-state index in [9.17, 15) is 4.39 Å². The molecule has 2 rings (SSSR count). The fourth-order valence-electron chi connectivity index (χ4n) is 1.02. The molecule has 0 atom stereocenters. The normalized spacial score (nSPS) is 10.1. The van der Waals surface area contributed by atoms with Gasteiger partial charge < -0.3 is 4.74 Å². The number of hydrogen-bond acceptors (Lipinski definition) is 4. The Bertz CT molecular complexity index is 444. The smallest absolute Gasteiger partial charge is 0.194 e. The molecule has 0 fully saturated rings. The molecule has 0 aliphatic carbocycles. The number of nitrogens with zero attached hydrogens (tertiary/aromatic N) is 2. The van der Waals surface area contributed by atoms with Crippen molar-refractivity contribution in [3.8, 4) is 15.6 Å². The molecule has 0 saturated heterocycles. The van der Waals surface area contributed by atoms with E-state index in [2.05, 4.69) is 9.97 Å². The second kappa shape index (κ2) is 3.71. The molecule has 0 spiro atoms. The zero-order valence-electron chi connectivity index (χ0n) is 7.40. The third kappa shape index (κ3) is 1.72. The third-order valence-corrected chi connectivity index (χ3v) is 2.65. The van der Waals surface area contributed by atoms with Gasteiger partial charge in [-0.2, -0.15) is 0 Å². The van der Waals surface area contributed by atoms with Crippen LogP contribution in [0.2, 0.25) is 0 Å². The molecule has 0 aliphatic heterocycles. The Morgan fingerprint density at radius 1 is 1.36 bits per heavy atom. The van der Waals surface area contributed by atoms with Gasteiger partial charge in [0, 0.05) is 11.8 Å². The molecule has 14 heavy (non-hydrogen) atoms. The second-order valence-electron chi connectivity index (χ2n) is 2.58. The zero-order valence-corrected chi connectivity index (χ0v) is 8.21. The van der Waals surface area contributed by atoms with Crippen molar-refractivity contribution in [2.75, 3.05) is 7.11 Å². The molecule has 0 radical (unpaired) electrons. The van der Waals surface area contributed by atoms with Gasteiger partial charge in [0.2, 0.25) is 0 Å². The topological polar surface area (TPSA) is 35.0 Å². The molecule has 0 unspecified atom stereocenters. The minimum atomic E-state index is -0.364. The first-order valence-electron chi connectivity index (χ1n) is 3.90. The molecular formula is C9H7FN2OS. The lowest BCUT2D eigenvalue weighted by Crippen LogP contribution is -1.81. The first-order valence-corrected chi connectivity index (χ1v) is 4.72. The SMILES string of the molecule is COc1cnc(-c2cncc(F)c2)s1. The number of rotatable bonds is 2. The summed E-state index contributed by atoms with van der Waals surface area (Å²) in [7, 11) is 1.57. The molecule has 72 valence electrons. The van der Waals surface area contributed by atoms with Crippen molar-refractivity contribution in [1.29, 1.82) is 0 Å². The number of ether oxygens (including phenoxy) is 1. The Hall–Kier alpha value is -1.49. The summed E-state index contributed by atoms with van der Waals surface area (Å²) < 4.78 is 17.8. The number of hydrogen-bond donors (Lipinski definition) is 0. The first kappa shape index (κ1) is 9.08. The van der Waals surface area contributed by atoms with Crippen LogP contribution in [0.3, 0.4) is 0 Å². The number of halogens is 1. The molecule has 0 N–H and O–H groups in total. The lowest BCUT2D eigenvalue weighted by molar-refractivity contribution is 0.426. The van der Waals surface area contributed by atoms with Crippen LogP contribution in [-0.2, 0) is 0 Å². The van der Waals surface area contributed by atoms with Gasteiger partial charge >= 0.3 is 0 Å². The molecule has 2 aromatic rings. The van der Waals surface area contributed by atoms with Crippen LogP contribution in [0.1, 0.15) is 0 Å². The molecule has 5 heteroatoms. The van der Waals surface area contributed by atoms with Gasteiger partial charge in [-0.15, -0.1) is 0 Å². The fourth-order valence-corrected chi connectivity index (χ4v) is 1.73. The lowest BCUT2D eigenvalue weighted by atomic mass is 10.3. The number of pyridine rings is 1. The van der Waals surface area contributed by atoms with Crippen molar-refractivity contribution < 1.29 is 9.13 Å². The van der Waals surface area contributed by atoms with Crippen LogP contribution in [0.25, 0.3) is 10.6 Å². The average Bonchev–Trinajstić information content (AvgIpc) is 2.66. The van der Waals surface area contributed by atoms with Crippen LogP contribution >= 0.6 is 11.3 Å². The zero-order chi connectivity index (χ0) is 9.97. The van der Waals surface area contributed by atoms with Gasteiger partial charge in [0.1, 0.15) is 10.8 Å². The van der Waals surface area contributed by atoms with Crippen molar-refractivity contribution in [3.05, 3.63) is 30.5 Å². The standard InChI is InChI=1S/C9H7FN2OS/c1-13-8-5-12-9(14-8)6-2-7(10)4-11-3-6/h2-5H,1H3. The minimum Gasteiger partial charge on any atom is -0.486 e. The third-order valence-electron chi connectivity index (χ3n) is 1.64. The van der Waals surface area contributed by atoms with Gasteiger partial charge in [-0.05, 0) is 6.07 Å². The molecule has 0 aliphatic rings. The van der Waals surface area contributed by atoms with Crippen LogP contribution < -0.4 is 4.74 Å². The van der Waals surface area contributed by atoms with Crippen LogP contribution in [0.15, 0.2) is 24.7 Å². The van der Waals surface area contributed by atoms with Crippen LogP contribution in [-0.4, -0.2) is 17.1 Å². The van der Waals surface area contributed by atoms with Gasteiger partial charge in [0.25, 0.3) is 0 Å². The van der Waals surface area contributed by atoms with Gasteiger partial charge in [-0.1, -0.05) is 11.3 Å². The number of thiazole rings is 1. The van der Waals surface area contributed by atoms with Crippen molar-refractivity contribution in [2.24, 2.45) is 0 Å². The molecule has 0 bridgehead atoms. The first-order chi connectivity index (χ1) is 6.79. The molecule has 0 aromatic carbocycles. The van der Waals surface area contributed by atoms with E-state index in [0.29, 0.717) is 15.6 Å². The van der Waals surface area contributed by atoms with Gasteiger partial charge in [-0.25, -0.2) is 9.37 Å². The summed E-state index contributed by atoms with van der Waals surface area (Å²) in [4.78, 5) is 7.83. The van der Waals surface area contributed by atoms with Crippen molar-refractivity contribution in [2.45, 2.75) is 0 Å². The lowest BCUT2D eigenvalue weighted by Gasteiger charge is -1.94. The van der Waals surface area contributed by atoms with Crippen molar-refractivity contribution in [3.63, 3.8) is 0 Å². The molecule has 3 nitrogen and oxygen atoms in total. The van der Waals surface area contributed by atoms with E-state index in [1.165, 1.54) is 17.4 Å². The summed E-state index contributed by atoms with van der Waals surface area (Å²) in [5, 5.41) is 1.40. The van der Waals surface area contributed by atoms with Crippen LogP contribution in [0.5, 0.6) is 5.06 Å². The predicted molar refractivity (Wildman–Crippen MR) is 51.9 cm³/mol. The Labute approximate surface area is 84.2 Å². The fraction of sp³-hybridized carbons (Fsp3) is 0.111.